The molecule has 0 amide bonds. The van der Waals surface area contributed by atoms with Crippen LogP contribution in [0.25, 0.3) is 0 Å². The average molecular weight is 132 g/mol. The number of rotatable bonds is 1. The Morgan fingerprint density at radius 1 is 1.62 bits per heavy atom. The maximum atomic E-state index is 9.00. The van der Waals surface area contributed by atoms with Crippen LogP contribution in [0.3, 0.4) is 0 Å². The molecule has 0 aromatic rings. The zero-order chi connectivity index (χ0) is 6.15. The van der Waals surface area contributed by atoms with Gasteiger partial charge in [0.15, 0.2) is 0 Å². The van der Waals surface area contributed by atoms with Crippen LogP contribution in [0.5, 0.6) is 0 Å². The second-order valence-corrected chi connectivity index (χ2v) is 3.51. The van der Waals surface area contributed by atoms with Crippen molar-refractivity contribution in [2.75, 3.05) is 6.26 Å². The molecule has 0 radical (unpaired) electrons. The molecule has 2 heteroatoms. The molecule has 0 aromatic carbocycles. The standard InChI is InChI=1S/C6H12OS/c1-4-5(7)3-6(4)8-2/h4-7H,3H2,1-2H3/t4-,5+,6-/m0/s1. The van der Waals surface area contributed by atoms with Crippen LogP contribution in [0, 0.1) is 5.92 Å². The van der Waals surface area contributed by atoms with E-state index in [4.69, 9.17) is 5.11 Å². The van der Waals surface area contributed by atoms with Crippen molar-refractivity contribution in [2.45, 2.75) is 24.7 Å². The van der Waals surface area contributed by atoms with Crippen LogP contribution >= 0.6 is 11.8 Å². The SMILES string of the molecule is CS[C@H]1C[C@@H](O)[C@@H]1C. The first-order valence-corrected chi connectivity index (χ1v) is 4.25. The third kappa shape index (κ3) is 0.869. The maximum absolute atomic E-state index is 9.00. The second kappa shape index (κ2) is 2.28. The van der Waals surface area contributed by atoms with Gasteiger partial charge in [0.1, 0.15) is 0 Å². The van der Waals surface area contributed by atoms with E-state index in [0.717, 1.165) is 11.7 Å². The van der Waals surface area contributed by atoms with Crippen LogP contribution in [0.15, 0.2) is 0 Å². The highest BCUT2D eigenvalue weighted by Crippen LogP contribution is 2.35. The van der Waals surface area contributed by atoms with Crippen molar-refractivity contribution < 1.29 is 5.11 Å². The van der Waals surface area contributed by atoms with E-state index in [1.165, 1.54) is 0 Å². The largest absolute Gasteiger partial charge is 0.393 e. The van der Waals surface area contributed by atoms with E-state index < -0.39 is 0 Å². The minimum atomic E-state index is -0.00699. The minimum absolute atomic E-state index is 0.00699. The second-order valence-electron chi connectivity index (χ2n) is 2.44. The Kier molecular flexibility index (Phi) is 1.83. The lowest BCUT2D eigenvalue weighted by molar-refractivity contribution is 0.0417. The summed E-state index contributed by atoms with van der Waals surface area (Å²) in [4.78, 5) is 0. The molecule has 1 N–H and O–H groups in total. The molecule has 1 aliphatic rings. The molecule has 0 aromatic heterocycles. The number of hydrogen-bond acceptors (Lipinski definition) is 2. The van der Waals surface area contributed by atoms with Gasteiger partial charge in [-0.3, -0.25) is 0 Å². The van der Waals surface area contributed by atoms with Crippen molar-refractivity contribution in [1.82, 2.24) is 0 Å². The summed E-state index contributed by atoms with van der Waals surface area (Å²) in [6, 6.07) is 0. The third-order valence-corrected chi connectivity index (χ3v) is 3.20. The molecule has 1 saturated carbocycles. The molecular weight excluding hydrogens is 120 g/mol. The molecule has 0 aliphatic heterocycles. The zero-order valence-corrected chi connectivity index (χ0v) is 6.11. The van der Waals surface area contributed by atoms with Gasteiger partial charge in [0.05, 0.1) is 6.10 Å². The zero-order valence-electron chi connectivity index (χ0n) is 5.29. The van der Waals surface area contributed by atoms with Gasteiger partial charge in [-0.1, -0.05) is 6.92 Å². The van der Waals surface area contributed by atoms with Gasteiger partial charge in [-0.05, 0) is 18.6 Å². The number of aliphatic hydroxyl groups excluding tert-OH is 1. The van der Waals surface area contributed by atoms with E-state index in [2.05, 4.69) is 13.2 Å². The summed E-state index contributed by atoms with van der Waals surface area (Å²) in [5.74, 6) is 0.532. The molecule has 0 saturated heterocycles. The van der Waals surface area contributed by atoms with E-state index in [1.54, 1.807) is 0 Å². The van der Waals surface area contributed by atoms with Crippen LogP contribution in [-0.4, -0.2) is 22.7 Å². The van der Waals surface area contributed by atoms with E-state index in [9.17, 15) is 0 Å². The van der Waals surface area contributed by atoms with Crippen molar-refractivity contribution in [3.63, 3.8) is 0 Å². The normalized spacial score (nSPS) is 46.1. The topological polar surface area (TPSA) is 20.2 Å². The Hall–Kier alpha value is 0.310. The fraction of sp³-hybridized carbons (Fsp3) is 1.00. The molecule has 48 valence electrons. The highest BCUT2D eigenvalue weighted by atomic mass is 32.2. The lowest BCUT2D eigenvalue weighted by Gasteiger charge is -2.37. The first-order chi connectivity index (χ1) is 3.75. The summed E-state index contributed by atoms with van der Waals surface area (Å²) >= 11 is 1.86. The number of hydrogen-bond donors (Lipinski definition) is 1. The molecule has 1 aliphatic carbocycles. The Bertz CT molecular complexity index is 84.6. The summed E-state index contributed by atoms with van der Waals surface area (Å²) in [5, 5.41) is 9.73. The first-order valence-electron chi connectivity index (χ1n) is 2.96. The van der Waals surface area contributed by atoms with Crippen molar-refractivity contribution in [3.8, 4) is 0 Å². The van der Waals surface area contributed by atoms with E-state index in [-0.39, 0.29) is 6.10 Å². The van der Waals surface area contributed by atoms with Gasteiger partial charge in [-0.2, -0.15) is 11.8 Å². The van der Waals surface area contributed by atoms with Crippen molar-refractivity contribution in [3.05, 3.63) is 0 Å². The molecule has 1 fully saturated rings. The van der Waals surface area contributed by atoms with Gasteiger partial charge in [-0.15, -0.1) is 0 Å². The van der Waals surface area contributed by atoms with Crippen molar-refractivity contribution in [1.29, 1.82) is 0 Å². The van der Waals surface area contributed by atoms with Gasteiger partial charge < -0.3 is 5.11 Å². The monoisotopic (exact) mass is 132 g/mol. The Balaban J connectivity index is 2.25. The summed E-state index contributed by atoms with van der Waals surface area (Å²) in [5.41, 5.74) is 0. The van der Waals surface area contributed by atoms with Crippen LogP contribution in [0.1, 0.15) is 13.3 Å². The Morgan fingerprint density at radius 3 is 2.38 bits per heavy atom. The summed E-state index contributed by atoms with van der Waals surface area (Å²) in [6.45, 7) is 2.11. The smallest absolute Gasteiger partial charge is 0.0587 e. The average Bonchev–Trinajstić information content (AvgIpc) is 1.81. The molecule has 0 bridgehead atoms. The van der Waals surface area contributed by atoms with Crippen LogP contribution in [-0.2, 0) is 0 Å². The molecular formula is C6H12OS. The molecule has 0 heterocycles. The van der Waals surface area contributed by atoms with Crippen LogP contribution < -0.4 is 0 Å². The van der Waals surface area contributed by atoms with Crippen LogP contribution in [0.4, 0.5) is 0 Å². The molecule has 1 rings (SSSR count). The number of thioether (sulfide) groups is 1. The van der Waals surface area contributed by atoms with Crippen molar-refractivity contribution in [2.24, 2.45) is 5.92 Å². The fourth-order valence-electron chi connectivity index (χ4n) is 1.03. The van der Waals surface area contributed by atoms with E-state index in [1.807, 2.05) is 11.8 Å². The summed E-state index contributed by atoms with van der Waals surface area (Å²) in [7, 11) is 0. The summed E-state index contributed by atoms with van der Waals surface area (Å²) in [6.07, 6.45) is 3.10. The van der Waals surface area contributed by atoms with E-state index in [0.29, 0.717) is 5.92 Å². The highest BCUT2D eigenvalue weighted by molar-refractivity contribution is 7.99. The quantitative estimate of drug-likeness (QED) is 0.577. The van der Waals surface area contributed by atoms with Crippen LogP contribution in [0.2, 0.25) is 0 Å². The Morgan fingerprint density at radius 2 is 2.25 bits per heavy atom. The fourth-order valence-corrected chi connectivity index (χ4v) is 2.03. The predicted molar refractivity (Wildman–Crippen MR) is 37.1 cm³/mol. The van der Waals surface area contributed by atoms with E-state index >= 15 is 0 Å². The lowest BCUT2D eigenvalue weighted by Crippen LogP contribution is -2.41. The predicted octanol–water partition coefficient (Wildman–Crippen LogP) is 1.12. The molecule has 1 nitrogen and oxygen atoms in total. The Labute approximate surface area is 54.5 Å². The van der Waals surface area contributed by atoms with Crippen molar-refractivity contribution >= 4 is 11.8 Å². The molecule has 3 atom stereocenters. The molecule has 8 heavy (non-hydrogen) atoms. The molecule has 0 spiro atoms. The highest BCUT2D eigenvalue weighted by Gasteiger charge is 2.35. The third-order valence-electron chi connectivity index (χ3n) is 1.97. The first kappa shape index (κ1) is 6.43. The van der Waals surface area contributed by atoms with Gasteiger partial charge in [0.2, 0.25) is 0 Å². The number of aliphatic hydroxyl groups is 1. The summed E-state index contributed by atoms with van der Waals surface area (Å²) < 4.78 is 0. The minimum Gasteiger partial charge on any atom is -0.393 e. The van der Waals surface area contributed by atoms with Gasteiger partial charge in [0, 0.05) is 5.25 Å². The van der Waals surface area contributed by atoms with Gasteiger partial charge in [-0.25, -0.2) is 0 Å². The maximum Gasteiger partial charge on any atom is 0.0587 e. The lowest BCUT2D eigenvalue weighted by atomic mass is 9.83. The van der Waals surface area contributed by atoms with Gasteiger partial charge in [0.25, 0.3) is 0 Å². The molecule has 0 unspecified atom stereocenters. The van der Waals surface area contributed by atoms with Gasteiger partial charge >= 0.3 is 0 Å².